The van der Waals surface area contributed by atoms with E-state index in [9.17, 15) is 8.78 Å². The Morgan fingerprint density at radius 2 is 1.75 bits per heavy atom. The summed E-state index contributed by atoms with van der Waals surface area (Å²) in [5.41, 5.74) is 0.895. The fourth-order valence-corrected chi connectivity index (χ4v) is 1.98. The molecule has 4 heteroatoms. The lowest BCUT2D eigenvalue weighted by Gasteiger charge is -2.17. The van der Waals surface area contributed by atoms with E-state index < -0.39 is 0 Å². The summed E-state index contributed by atoms with van der Waals surface area (Å²) in [4.78, 5) is 0. The minimum Gasteiger partial charge on any atom is -0.488 e. The van der Waals surface area contributed by atoms with Crippen LogP contribution in [0.1, 0.15) is 24.1 Å². The lowest BCUT2D eigenvalue weighted by Crippen LogP contribution is -2.15. The zero-order valence-corrected chi connectivity index (χ0v) is 11.5. The van der Waals surface area contributed by atoms with Crippen LogP contribution in [0, 0.1) is 11.6 Å². The van der Waals surface area contributed by atoms with E-state index in [1.807, 2.05) is 6.92 Å². The third-order valence-electron chi connectivity index (χ3n) is 3.22. The maximum Gasteiger partial charge on any atom is 0.131 e. The largest absolute Gasteiger partial charge is 0.488 e. The molecule has 0 bridgehead atoms. The van der Waals surface area contributed by atoms with Gasteiger partial charge in [0.05, 0.1) is 0 Å². The molecule has 2 rings (SSSR count). The number of hydrogen-bond acceptors (Lipinski definition) is 2. The zero-order valence-electron chi connectivity index (χ0n) is 11.5. The molecule has 0 heterocycles. The van der Waals surface area contributed by atoms with Gasteiger partial charge in [-0.1, -0.05) is 24.3 Å². The van der Waals surface area contributed by atoms with Crippen molar-refractivity contribution in [3.63, 3.8) is 0 Å². The summed E-state index contributed by atoms with van der Waals surface area (Å²) in [5, 5.41) is 2.98. The molecule has 1 atom stereocenters. The van der Waals surface area contributed by atoms with Gasteiger partial charge in [0.25, 0.3) is 0 Å². The molecule has 0 fully saturated rings. The SMILES string of the molecule is CNC(C)c1c(F)cccc1OCc1ccccc1F. The average molecular weight is 277 g/mol. The van der Waals surface area contributed by atoms with Gasteiger partial charge in [-0.3, -0.25) is 0 Å². The molecule has 2 aromatic carbocycles. The summed E-state index contributed by atoms with van der Waals surface area (Å²) in [6.07, 6.45) is 0. The van der Waals surface area contributed by atoms with Crippen molar-refractivity contribution >= 4 is 0 Å². The van der Waals surface area contributed by atoms with E-state index in [1.54, 1.807) is 37.4 Å². The second-order valence-corrected chi connectivity index (χ2v) is 4.54. The molecular formula is C16H17F2NO. The van der Waals surface area contributed by atoms with Crippen LogP contribution in [0.4, 0.5) is 8.78 Å². The molecule has 2 nitrogen and oxygen atoms in total. The van der Waals surface area contributed by atoms with Crippen molar-refractivity contribution in [2.75, 3.05) is 7.05 Å². The van der Waals surface area contributed by atoms with Crippen molar-refractivity contribution in [3.05, 3.63) is 65.2 Å². The van der Waals surface area contributed by atoms with Crippen LogP contribution in [-0.4, -0.2) is 7.05 Å². The molecule has 2 aromatic rings. The number of nitrogens with one attached hydrogen (secondary N) is 1. The third-order valence-corrected chi connectivity index (χ3v) is 3.22. The highest BCUT2D eigenvalue weighted by atomic mass is 19.1. The van der Waals surface area contributed by atoms with Crippen LogP contribution in [0.5, 0.6) is 5.75 Å². The maximum absolute atomic E-state index is 13.9. The van der Waals surface area contributed by atoms with Crippen LogP contribution in [-0.2, 0) is 6.61 Å². The standard InChI is InChI=1S/C16H17F2NO/c1-11(19-2)16-14(18)8-5-9-15(16)20-10-12-6-3-4-7-13(12)17/h3-9,11,19H,10H2,1-2H3. The lowest BCUT2D eigenvalue weighted by molar-refractivity contribution is 0.291. The van der Waals surface area contributed by atoms with Gasteiger partial charge in [0, 0.05) is 17.2 Å². The number of hydrogen-bond donors (Lipinski definition) is 1. The first-order chi connectivity index (χ1) is 9.63. The Bertz CT molecular complexity index is 586. The zero-order chi connectivity index (χ0) is 14.5. The molecule has 0 amide bonds. The summed E-state index contributed by atoms with van der Waals surface area (Å²) < 4.78 is 33.0. The second kappa shape index (κ2) is 6.48. The van der Waals surface area contributed by atoms with Crippen LogP contribution < -0.4 is 10.1 Å². The molecule has 0 spiro atoms. The first-order valence-electron chi connectivity index (χ1n) is 6.45. The minimum atomic E-state index is -0.335. The number of ether oxygens (including phenoxy) is 1. The van der Waals surface area contributed by atoms with Gasteiger partial charge in [-0.05, 0) is 32.2 Å². The van der Waals surface area contributed by atoms with Crippen LogP contribution >= 0.6 is 0 Å². The highest BCUT2D eigenvalue weighted by Crippen LogP contribution is 2.28. The minimum absolute atomic E-state index is 0.0690. The highest BCUT2D eigenvalue weighted by molar-refractivity contribution is 5.37. The Hall–Kier alpha value is -1.94. The van der Waals surface area contributed by atoms with Gasteiger partial charge in [-0.2, -0.15) is 0 Å². The Morgan fingerprint density at radius 1 is 1.05 bits per heavy atom. The Labute approximate surface area is 117 Å². The van der Waals surface area contributed by atoms with E-state index in [2.05, 4.69) is 5.32 Å². The first kappa shape index (κ1) is 14.5. The molecule has 1 unspecified atom stereocenters. The highest BCUT2D eigenvalue weighted by Gasteiger charge is 2.15. The van der Waals surface area contributed by atoms with Gasteiger partial charge in [0.1, 0.15) is 24.0 Å². The first-order valence-corrected chi connectivity index (χ1v) is 6.45. The lowest BCUT2D eigenvalue weighted by atomic mass is 10.1. The quantitative estimate of drug-likeness (QED) is 0.897. The molecule has 0 radical (unpaired) electrons. The second-order valence-electron chi connectivity index (χ2n) is 4.54. The van der Waals surface area contributed by atoms with E-state index in [0.29, 0.717) is 16.9 Å². The van der Waals surface area contributed by atoms with E-state index in [0.717, 1.165) is 0 Å². The van der Waals surface area contributed by atoms with Crippen molar-refractivity contribution in [2.24, 2.45) is 0 Å². The topological polar surface area (TPSA) is 21.3 Å². The molecule has 0 aliphatic heterocycles. The summed E-state index contributed by atoms with van der Waals surface area (Å²) in [7, 11) is 1.75. The Balaban J connectivity index is 2.22. The van der Waals surface area contributed by atoms with Gasteiger partial charge in [0.15, 0.2) is 0 Å². The molecule has 0 aromatic heterocycles. The van der Waals surface area contributed by atoms with Crippen molar-refractivity contribution in [2.45, 2.75) is 19.6 Å². The van der Waals surface area contributed by atoms with Crippen LogP contribution in [0.15, 0.2) is 42.5 Å². The normalized spacial score (nSPS) is 12.2. The molecule has 20 heavy (non-hydrogen) atoms. The monoisotopic (exact) mass is 277 g/mol. The predicted octanol–water partition coefficient (Wildman–Crippen LogP) is 3.82. The van der Waals surface area contributed by atoms with E-state index in [-0.39, 0.29) is 24.3 Å². The molecule has 1 N–H and O–H groups in total. The molecule has 0 aliphatic rings. The predicted molar refractivity (Wildman–Crippen MR) is 74.6 cm³/mol. The van der Waals surface area contributed by atoms with Crippen LogP contribution in [0.25, 0.3) is 0 Å². The van der Waals surface area contributed by atoms with Gasteiger partial charge >= 0.3 is 0 Å². The molecule has 0 saturated heterocycles. The van der Waals surface area contributed by atoms with E-state index >= 15 is 0 Å². The fraction of sp³-hybridized carbons (Fsp3) is 0.250. The smallest absolute Gasteiger partial charge is 0.131 e. The van der Waals surface area contributed by atoms with Gasteiger partial charge in [0.2, 0.25) is 0 Å². The molecular weight excluding hydrogens is 260 g/mol. The summed E-state index contributed by atoms with van der Waals surface area (Å²) in [6.45, 7) is 1.91. The molecule has 0 aliphatic carbocycles. The number of benzene rings is 2. The number of halogens is 2. The maximum atomic E-state index is 13.9. The van der Waals surface area contributed by atoms with Gasteiger partial charge < -0.3 is 10.1 Å². The van der Waals surface area contributed by atoms with Crippen molar-refractivity contribution in [1.29, 1.82) is 0 Å². The fourth-order valence-electron chi connectivity index (χ4n) is 1.98. The van der Waals surface area contributed by atoms with Crippen molar-refractivity contribution in [1.82, 2.24) is 5.32 Å². The van der Waals surface area contributed by atoms with Crippen LogP contribution in [0.3, 0.4) is 0 Å². The number of rotatable bonds is 5. The van der Waals surface area contributed by atoms with Gasteiger partial charge in [-0.15, -0.1) is 0 Å². The molecule has 106 valence electrons. The van der Waals surface area contributed by atoms with E-state index in [4.69, 9.17) is 4.74 Å². The van der Waals surface area contributed by atoms with Crippen molar-refractivity contribution in [3.8, 4) is 5.75 Å². The summed E-state index contributed by atoms with van der Waals surface area (Å²) >= 11 is 0. The van der Waals surface area contributed by atoms with Gasteiger partial charge in [-0.25, -0.2) is 8.78 Å². The van der Waals surface area contributed by atoms with Crippen LogP contribution in [0.2, 0.25) is 0 Å². The molecule has 0 saturated carbocycles. The summed E-state index contributed by atoms with van der Waals surface area (Å²) in [5.74, 6) is -0.236. The average Bonchev–Trinajstić information content (AvgIpc) is 2.46. The summed E-state index contributed by atoms with van der Waals surface area (Å²) in [6, 6.07) is 10.9. The van der Waals surface area contributed by atoms with Crippen molar-refractivity contribution < 1.29 is 13.5 Å². The Kier molecular flexibility index (Phi) is 4.69. The third kappa shape index (κ3) is 3.14. The Morgan fingerprint density at radius 3 is 2.45 bits per heavy atom. The van der Waals surface area contributed by atoms with E-state index in [1.165, 1.54) is 12.1 Å².